The lowest BCUT2D eigenvalue weighted by molar-refractivity contribution is -0.137. The SMILES string of the molecule is Cc1ccc(N)c(NC2CCN(C(=O)Cc3ccc(C(F)(F)F)cc3)CC2)c1C. The fraction of sp³-hybridized carbons (Fsp3) is 0.409. The average molecular weight is 405 g/mol. The number of carbonyl (C=O) groups is 1. The molecule has 2 aromatic carbocycles. The van der Waals surface area contributed by atoms with Gasteiger partial charge in [0.25, 0.3) is 0 Å². The normalized spacial score (nSPS) is 15.4. The van der Waals surface area contributed by atoms with Crippen molar-refractivity contribution < 1.29 is 18.0 Å². The van der Waals surface area contributed by atoms with Crippen LogP contribution in [0.25, 0.3) is 0 Å². The Morgan fingerprint density at radius 2 is 1.72 bits per heavy atom. The van der Waals surface area contributed by atoms with Crippen molar-refractivity contribution in [2.75, 3.05) is 24.1 Å². The van der Waals surface area contributed by atoms with Crippen LogP contribution >= 0.6 is 0 Å². The molecule has 7 heteroatoms. The summed E-state index contributed by atoms with van der Waals surface area (Å²) in [4.78, 5) is 14.3. The first-order valence-corrected chi connectivity index (χ1v) is 9.71. The summed E-state index contributed by atoms with van der Waals surface area (Å²) >= 11 is 0. The molecule has 0 unspecified atom stereocenters. The zero-order valence-electron chi connectivity index (χ0n) is 16.6. The number of benzene rings is 2. The molecule has 1 amide bonds. The van der Waals surface area contributed by atoms with E-state index in [1.165, 1.54) is 17.7 Å². The largest absolute Gasteiger partial charge is 0.416 e. The smallest absolute Gasteiger partial charge is 0.397 e. The van der Waals surface area contributed by atoms with Crippen LogP contribution in [0.2, 0.25) is 0 Å². The standard InChI is InChI=1S/C22H26F3N3O/c1-14-3-8-19(26)21(15(14)2)27-18-9-11-28(12-10-18)20(29)13-16-4-6-17(7-5-16)22(23,24)25/h3-8,18,27H,9-13,26H2,1-2H3. The van der Waals surface area contributed by atoms with Gasteiger partial charge in [0.2, 0.25) is 5.91 Å². The first-order valence-electron chi connectivity index (χ1n) is 9.71. The van der Waals surface area contributed by atoms with Gasteiger partial charge in [-0.1, -0.05) is 18.2 Å². The van der Waals surface area contributed by atoms with E-state index >= 15 is 0 Å². The van der Waals surface area contributed by atoms with Gasteiger partial charge in [0.05, 0.1) is 23.4 Å². The van der Waals surface area contributed by atoms with E-state index in [1.807, 2.05) is 26.0 Å². The third-order valence-electron chi connectivity index (χ3n) is 5.60. The molecule has 1 saturated heterocycles. The number of alkyl halides is 3. The average Bonchev–Trinajstić information content (AvgIpc) is 2.68. The van der Waals surface area contributed by atoms with Crippen molar-refractivity contribution in [2.45, 2.75) is 45.3 Å². The van der Waals surface area contributed by atoms with Crippen molar-refractivity contribution in [3.8, 4) is 0 Å². The molecule has 1 heterocycles. The summed E-state index contributed by atoms with van der Waals surface area (Å²) in [5.41, 5.74) is 9.97. The molecule has 29 heavy (non-hydrogen) atoms. The molecular weight excluding hydrogens is 379 g/mol. The van der Waals surface area contributed by atoms with Crippen LogP contribution in [-0.4, -0.2) is 29.9 Å². The van der Waals surface area contributed by atoms with Crippen LogP contribution in [0.1, 0.15) is 35.1 Å². The topological polar surface area (TPSA) is 58.4 Å². The zero-order chi connectivity index (χ0) is 21.2. The highest BCUT2D eigenvalue weighted by Crippen LogP contribution is 2.30. The molecule has 1 fully saturated rings. The van der Waals surface area contributed by atoms with Crippen LogP contribution in [0.5, 0.6) is 0 Å². The molecule has 3 N–H and O–H groups in total. The van der Waals surface area contributed by atoms with E-state index in [9.17, 15) is 18.0 Å². The number of piperidine rings is 1. The Labute approximate surface area is 168 Å². The van der Waals surface area contributed by atoms with E-state index in [2.05, 4.69) is 5.32 Å². The van der Waals surface area contributed by atoms with E-state index in [0.29, 0.717) is 24.3 Å². The van der Waals surface area contributed by atoms with Crippen LogP contribution in [0.4, 0.5) is 24.5 Å². The molecule has 1 aliphatic heterocycles. The summed E-state index contributed by atoms with van der Waals surface area (Å²) in [5.74, 6) is -0.0607. The Hall–Kier alpha value is -2.70. The molecule has 3 rings (SSSR count). The number of anilines is 2. The molecular formula is C22H26F3N3O. The van der Waals surface area contributed by atoms with Crippen molar-refractivity contribution in [2.24, 2.45) is 0 Å². The fourth-order valence-electron chi connectivity index (χ4n) is 3.60. The predicted octanol–water partition coefficient (Wildman–Crippen LogP) is 4.55. The molecule has 0 aliphatic carbocycles. The van der Waals surface area contributed by atoms with E-state index in [1.54, 1.807) is 4.90 Å². The fourth-order valence-corrected chi connectivity index (χ4v) is 3.60. The van der Waals surface area contributed by atoms with Crippen molar-refractivity contribution in [3.05, 3.63) is 58.7 Å². The molecule has 0 saturated carbocycles. The van der Waals surface area contributed by atoms with Crippen molar-refractivity contribution in [1.29, 1.82) is 0 Å². The highest BCUT2D eigenvalue weighted by atomic mass is 19.4. The van der Waals surface area contributed by atoms with Gasteiger partial charge in [0.15, 0.2) is 0 Å². The lowest BCUT2D eigenvalue weighted by Crippen LogP contribution is -2.43. The summed E-state index contributed by atoms with van der Waals surface area (Å²) in [7, 11) is 0. The Bertz CT molecular complexity index is 870. The van der Waals surface area contributed by atoms with Crippen LogP contribution in [-0.2, 0) is 17.4 Å². The predicted molar refractivity (Wildman–Crippen MR) is 109 cm³/mol. The van der Waals surface area contributed by atoms with Gasteiger partial charge in [-0.3, -0.25) is 4.79 Å². The number of hydrogen-bond donors (Lipinski definition) is 2. The van der Waals surface area contributed by atoms with E-state index < -0.39 is 11.7 Å². The minimum absolute atomic E-state index is 0.0607. The molecule has 1 aliphatic rings. The monoisotopic (exact) mass is 405 g/mol. The van der Waals surface area contributed by atoms with E-state index in [0.717, 1.165) is 36.2 Å². The molecule has 0 radical (unpaired) electrons. The van der Waals surface area contributed by atoms with Gasteiger partial charge in [0, 0.05) is 19.1 Å². The highest BCUT2D eigenvalue weighted by molar-refractivity contribution is 5.79. The van der Waals surface area contributed by atoms with E-state index in [4.69, 9.17) is 5.73 Å². The molecule has 0 spiro atoms. The second kappa shape index (κ2) is 8.35. The second-order valence-electron chi connectivity index (χ2n) is 7.64. The third-order valence-corrected chi connectivity index (χ3v) is 5.60. The quantitative estimate of drug-likeness (QED) is 0.734. The Morgan fingerprint density at radius 1 is 1.10 bits per heavy atom. The number of nitrogens with two attached hydrogens (primary N) is 1. The molecule has 4 nitrogen and oxygen atoms in total. The lowest BCUT2D eigenvalue weighted by atomic mass is 10.0. The first kappa shape index (κ1) is 21.0. The minimum Gasteiger partial charge on any atom is -0.397 e. The number of halogens is 3. The second-order valence-corrected chi connectivity index (χ2v) is 7.64. The summed E-state index contributed by atoms with van der Waals surface area (Å²) in [6, 6.07) is 8.91. The number of likely N-dealkylation sites (tertiary alicyclic amines) is 1. The third kappa shape index (κ3) is 5.02. The van der Waals surface area contributed by atoms with Crippen molar-refractivity contribution in [1.82, 2.24) is 4.90 Å². The maximum atomic E-state index is 12.6. The Kier molecular flexibility index (Phi) is 6.05. The maximum absolute atomic E-state index is 12.6. The summed E-state index contributed by atoms with van der Waals surface area (Å²) in [5, 5.41) is 3.52. The van der Waals surface area contributed by atoms with Gasteiger partial charge in [-0.2, -0.15) is 13.2 Å². The summed E-state index contributed by atoms with van der Waals surface area (Å²) < 4.78 is 37.9. The molecule has 0 aromatic heterocycles. The lowest BCUT2D eigenvalue weighted by Gasteiger charge is -2.33. The zero-order valence-corrected chi connectivity index (χ0v) is 16.6. The minimum atomic E-state index is -4.36. The summed E-state index contributed by atoms with van der Waals surface area (Å²) in [6.07, 6.45) is -2.66. The van der Waals surface area contributed by atoms with Gasteiger partial charge in [-0.05, 0) is 61.6 Å². The van der Waals surface area contributed by atoms with Crippen LogP contribution in [0.15, 0.2) is 36.4 Å². The number of aryl methyl sites for hydroxylation is 1. The Balaban J connectivity index is 1.54. The number of rotatable bonds is 4. The Morgan fingerprint density at radius 3 is 2.31 bits per heavy atom. The van der Waals surface area contributed by atoms with Crippen LogP contribution in [0, 0.1) is 13.8 Å². The van der Waals surface area contributed by atoms with Gasteiger partial charge in [0.1, 0.15) is 0 Å². The first-order chi connectivity index (χ1) is 13.6. The maximum Gasteiger partial charge on any atom is 0.416 e. The number of nitrogens with zero attached hydrogens (tertiary/aromatic N) is 1. The van der Waals surface area contributed by atoms with Crippen LogP contribution < -0.4 is 11.1 Å². The van der Waals surface area contributed by atoms with Crippen molar-refractivity contribution in [3.63, 3.8) is 0 Å². The molecule has 0 atom stereocenters. The van der Waals surface area contributed by atoms with Crippen LogP contribution in [0.3, 0.4) is 0 Å². The van der Waals surface area contributed by atoms with Gasteiger partial charge >= 0.3 is 6.18 Å². The molecule has 2 aromatic rings. The summed E-state index contributed by atoms with van der Waals surface area (Å²) in [6.45, 7) is 5.31. The highest BCUT2D eigenvalue weighted by Gasteiger charge is 2.30. The van der Waals surface area contributed by atoms with Gasteiger partial charge in [-0.15, -0.1) is 0 Å². The number of hydrogen-bond acceptors (Lipinski definition) is 3. The number of amides is 1. The molecule has 0 bridgehead atoms. The van der Waals surface area contributed by atoms with E-state index in [-0.39, 0.29) is 18.4 Å². The van der Waals surface area contributed by atoms with Crippen molar-refractivity contribution >= 4 is 17.3 Å². The number of nitrogens with one attached hydrogen (secondary N) is 1. The number of carbonyl (C=O) groups excluding carboxylic acids is 1. The number of nitrogen functional groups attached to an aromatic ring is 1. The van der Waals surface area contributed by atoms with Gasteiger partial charge in [-0.25, -0.2) is 0 Å². The molecule has 156 valence electrons. The van der Waals surface area contributed by atoms with Gasteiger partial charge < -0.3 is 16.0 Å².